The highest BCUT2D eigenvalue weighted by atomic mass is 19.1. The van der Waals surface area contributed by atoms with E-state index in [0.29, 0.717) is 5.69 Å². The molecule has 0 unspecified atom stereocenters. The Bertz CT molecular complexity index is 766. The van der Waals surface area contributed by atoms with Crippen LogP contribution in [0.5, 0.6) is 0 Å². The molecule has 0 spiro atoms. The molecule has 0 aromatic heterocycles. The maximum Gasteiger partial charge on any atom is 0.292 e. The zero-order valence-electron chi connectivity index (χ0n) is 16.7. The third kappa shape index (κ3) is 4.20. The summed E-state index contributed by atoms with van der Waals surface area (Å²) in [6.07, 6.45) is 6.29. The monoisotopic (exact) mass is 402 g/mol. The van der Waals surface area contributed by atoms with Crippen LogP contribution < -0.4 is 9.80 Å². The molecule has 1 N–H and O–H groups in total. The third-order valence-electron chi connectivity index (χ3n) is 6.62. The molecule has 3 saturated heterocycles. The van der Waals surface area contributed by atoms with Gasteiger partial charge in [0.25, 0.3) is 5.91 Å². The van der Waals surface area contributed by atoms with Gasteiger partial charge in [-0.1, -0.05) is 12.8 Å². The molecule has 3 aliphatic rings. The SMILES string of the molecule is O=C(C1CC[NH+]([C@H]2CC(=O)N(c3ccc(F)cc3)C2=O)CC1)N1CCCCCC1. The van der Waals surface area contributed by atoms with Crippen molar-refractivity contribution in [2.75, 3.05) is 31.1 Å². The Morgan fingerprint density at radius 1 is 0.966 bits per heavy atom. The summed E-state index contributed by atoms with van der Waals surface area (Å²) in [5.41, 5.74) is 0.425. The van der Waals surface area contributed by atoms with Crippen molar-refractivity contribution in [2.45, 2.75) is 51.0 Å². The number of nitrogens with zero attached hydrogens (tertiary/aromatic N) is 2. The van der Waals surface area contributed by atoms with Crippen LogP contribution in [-0.2, 0) is 14.4 Å². The fraction of sp³-hybridized carbons (Fsp3) is 0.591. The Hall–Kier alpha value is -2.28. The van der Waals surface area contributed by atoms with Crippen LogP contribution in [0.15, 0.2) is 24.3 Å². The number of anilines is 1. The first-order valence-electron chi connectivity index (χ1n) is 10.8. The molecule has 6 nitrogen and oxygen atoms in total. The van der Waals surface area contributed by atoms with Gasteiger partial charge in [0.05, 0.1) is 25.2 Å². The molecule has 4 rings (SSSR count). The molecule has 3 fully saturated rings. The standard InChI is InChI=1S/C22H28FN3O3/c23-17-5-7-18(8-6-17)26-20(27)15-19(22(26)29)24-13-9-16(10-14-24)21(28)25-11-3-1-2-4-12-25/h5-8,16,19H,1-4,9-15H2/p+1/t19-/m0/s1. The van der Waals surface area contributed by atoms with Gasteiger partial charge in [0.1, 0.15) is 5.82 Å². The number of hydrogen-bond donors (Lipinski definition) is 1. The van der Waals surface area contributed by atoms with Crippen molar-refractivity contribution in [1.29, 1.82) is 0 Å². The van der Waals surface area contributed by atoms with E-state index in [1.54, 1.807) is 0 Å². The molecule has 3 amide bonds. The second-order valence-corrected chi connectivity index (χ2v) is 8.47. The molecular weight excluding hydrogens is 373 g/mol. The molecule has 0 bridgehead atoms. The maximum absolute atomic E-state index is 13.2. The minimum atomic E-state index is -0.401. The van der Waals surface area contributed by atoms with E-state index in [1.807, 2.05) is 4.90 Å². The van der Waals surface area contributed by atoms with Crippen LogP contribution in [0.4, 0.5) is 10.1 Å². The van der Waals surface area contributed by atoms with E-state index in [1.165, 1.54) is 42.0 Å². The van der Waals surface area contributed by atoms with Crippen molar-refractivity contribution in [2.24, 2.45) is 5.92 Å². The quantitative estimate of drug-likeness (QED) is 0.772. The number of carbonyl (C=O) groups is 3. The zero-order valence-corrected chi connectivity index (χ0v) is 16.7. The molecule has 29 heavy (non-hydrogen) atoms. The van der Waals surface area contributed by atoms with E-state index >= 15 is 0 Å². The second kappa shape index (κ2) is 8.61. The Kier molecular flexibility index (Phi) is 5.94. The van der Waals surface area contributed by atoms with Crippen LogP contribution in [0.25, 0.3) is 0 Å². The predicted octanol–water partition coefficient (Wildman–Crippen LogP) is 1.16. The maximum atomic E-state index is 13.2. The van der Waals surface area contributed by atoms with Crippen molar-refractivity contribution < 1.29 is 23.7 Å². The number of benzene rings is 1. The molecule has 0 saturated carbocycles. The van der Waals surface area contributed by atoms with E-state index in [2.05, 4.69) is 0 Å². The van der Waals surface area contributed by atoms with Gasteiger partial charge in [-0.25, -0.2) is 9.29 Å². The summed E-state index contributed by atoms with van der Waals surface area (Å²) in [6, 6.07) is 5.05. The highest BCUT2D eigenvalue weighted by Crippen LogP contribution is 2.23. The summed E-state index contributed by atoms with van der Waals surface area (Å²) in [7, 11) is 0. The Labute approximate surface area is 170 Å². The molecule has 1 aromatic rings. The number of halogens is 1. The summed E-state index contributed by atoms with van der Waals surface area (Å²) in [5.74, 6) is -0.535. The van der Waals surface area contributed by atoms with Gasteiger partial charge in [0.15, 0.2) is 6.04 Å². The van der Waals surface area contributed by atoms with Crippen molar-refractivity contribution in [3.63, 3.8) is 0 Å². The smallest absolute Gasteiger partial charge is 0.292 e. The lowest BCUT2D eigenvalue weighted by Gasteiger charge is -2.33. The van der Waals surface area contributed by atoms with Gasteiger partial charge in [-0.05, 0) is 37.1 Å². The third-order valence-corrected chi connectivity index (χ3v) is 6.62. The summed E-state index contributed by atoms with van der Waals surface area (Å²) in [4.78, 5) is 42.6. The molecule has 7 heteroatoms. The summed E-state index contributed by atoms with van der Waals surface area (Å²) in [6.45, 7) is 3.19. The average molecular weight is 402 g/mol. The lowest BCUT2D eigenvalue weighted by Crippen LogP contribution is -3.17. The Morgan fingerprint density at radius 2 is 1.59 bits per heavy atom. The first kappa shape index (κ1) is 20.0. The topological polar surface area (TPSA) is 62.1 Å². The van der Waals surface area contributed by atoms with Gasteiger partial charge < -0.3 is 9.80 Å². The van der Waals surface area contributed by atoms with Gasteiger partial charge in [-0.2, -0.15) is 0 Å². The number of amides is 3. The van der Waals surface area contributed by atoms with Crippen molar-refractivity contribution in [1.82, 2.24) is 4.90 Å². The van der Waals surface area contributed by atoms with Gasteiger partial charge in [0, 0.05) is 31.8 Å². The summed E-state index contributed by atoms with van der Waals surface area (Å²) in [5, 5.41) is 0. The van der Waals surface area contributed by atoms with E-state index in [9.17, 15) is 18.8 Å². The van der Waals surface area contributed by atoms with E-state index in [-0.39, 0.29) is 30.1 Å². The van der Waals surface area contributed by atoms with E-state index in [0.717, 1.165) is 56.8 Å². The molecule has 0 aliphatic carbocycles. The minimum absolute atomic E-state index is 0.0391. The highest BCUT2D eigenvalue weighted by Gasteiger charge is 2.47. The number of likely N-dealkylation sites (tertiary alicyclic amines) is 2. The number of imide groups is 1. The molecule has 156 valence electrons. The van der Waals surface area contributed by atoms with Crippen molar-refractivity contribution in [3.05, 3.63) is 30.1 Å². The fourth-order valence-electron chi connectivity index (χ4n) is 4.95. The largest absolute Gasteiger partial charge is 0.342 e. The summed E-state index contributed by atoms with van der Waals surface area (Å²) >= 11 is 0. The number of nitrogens with one attached hydrogen (secondary N) is 1. The van der Waals surface area contributed by atoms with Gasteiger partial charge in [-0.3, -0.25) is 14.4 Å². The van der Waals surface area contributed by atoms with Gasteiger partial charge in [0.2, 0.25) is 11.8 Å². The lowest BCUT2D eigenvalue weighted by molar-refractivity contribution is -0.920. The number of hydrogen-bond acceptors (Lipinski definition) is 3. The number of piperidine rings is 1. The molecule has 3 heterocycles. The molecular formula is C22H29FN3O3+. The molecule has 1 atom stereocenters. The van der Waals surface area contributed by atoms with E-state index in [4.69, 9.17) is 0 Å². The van der Waals surface area contributed by atoms with Crippen LogP contribution in [-0.4, -0.2) is 54.8 Å². The normalized spacial score (nSPS) is 28.5. The number of quaternary nitrogens is 1. The summed E-state index contributed by atoms with van der Waals surface area (Å²) < 4.78 is 13.2. The Morgan fingerprint density at radius 3 is 2.21 bits per heavy atom. The van der Waals surface area contributed by atoms with Crippen molar-refractivity contribution >= 4 is 23.4 Å². The predicted molar refractivity (Wildman–Crippen MR) is 106 cm³/mol. The molecule has 3 aliphatic heterocycles. The first-order valence-corrected chi connectivity index (χ1v) is 10.8. The van der Waals surface area contributed by atoms with Crippen LogP contribution >= 0.6 is 0 Å². The Balaban J connectivity index is 1.36. The van der Waals surface area contributed by atoms with Gasteiger partial charge in [-0.15, -0.1) is 0 Å². The average Bonchev–Trinajstić information content (AvgIpc) is 2.91. The zero-order chi connectivity index (χ0) is 20.4. The molecule has 0 radical (unpaired) electrons. The molecule has 1 aromatic carbocycles. The highest BCUT2D eigenvalue weighted by molar-refractivity contribution is 6.21. The first-order chi connectivity index (χ1) is 14.0. The van der Waals surface area contributed by atoms with E-state index < -0.39 is 11.9 Å². The number of rotatable bonds is 3. The number of carbonyl (C=O) groups excluding carboxylic acids is 3. The van der Waals surface area contributed by atoms with Gasteiger partial charge >= 0.3 is 0 Å². The van der Waals surface area contributed by atoms with Crippen LogP contribution in [0, 0.1) is 11.7 Å². The second-order valence-electron chi connectivity index (χ2n) is 8.47. The van der Waals surface area contributed by atoms with Crippen LogP contribution in [0.2, 0.25) is 0 Å². The fourth-order valence-corrected chi connectivity index (χ4v) is 4.95. The van der Waals surface area contributed by atoms with Crippen LogP contribution in [0.1, 0.15) is 44.9 Å². The minimum Gasteiger partial charge on any atom is -0.342 e. The lowest BCUT2D eigenvalue weighted by atomic mass is 9.94. The van der Waals surface area contributed by atoms with Crippen molar-refractivity contribution in [3.8, 4) is 0 Å². The van der Waals surface area contributed by atoms with Crippen LogP contribution in [0.3, 0.4) is 0 Å².